The summed E-state index contributed by atoms with van der Waals surface area (Å²) in [5.41, 5.74) is 3.15. The Kier molecular flexibility index (Phi) is 4.53. The summed E-state index contributed by atoms with van der Waals surface area (Å²) in [6.07, 6.45) is 6.20. The summed E-state index contributed by atoms with van der Waals surface area (Å²) in [4.78, 5) is 0. The molecule has 0 spiro atoms. The van der Waals surface area contributed by atoms with E-state index in [0.29, 0.717) is 5.41 Å². The van der Waals surface area contributed by atoms with E-state index in [4.69, 9.17) is 11.6 Å². The Morgan fingerprint density at radius 1 is 1.35 bits per heavy atom. The molecule has 1 aromatic rings. The van der Waals surface area contributed by atoms with Gasteiger partial charge in [0.1, 0.15) is 0 Å². The van der Waals surface area contributed by atoms with E-state index < -0.39 is 0 Å². The number of nitrogens with zero attached hydrogens (tertiary/aromatic N) is 2. The molecule has 0 radical (unpaired) electrons. The van der Waals surface area contributed by atoms with Crippen LogP contribution in [0, 0.1) is 23.7 Å². The first-order valence-electron chi connectivity index (χ1n) is 7.81. The van der Waals surface area contributed by atoms with Gasteiger partial charge in [-0.3, -0.25) is 4.68 Å². The van der Waals surface area contributed by atoms with Crippen LogP contribution in [0.5, 0.6) is 0 Å². The molecule has 1 saturated carbocycles. The van der Waals surface area contributed by atoms with Crippen LogP contribution in [0.25, 0.3) is 0 Å². The molecule has 2 rings (SSSR count). The fraction of sp³-hybridized carbons (Fsp3) is 0.824. The van der Waals surface area contributed by atoms with Crippen molar-refractivity contribution in [3.05, 3.63) is 17.5 Å². The molecule has 3 heteroatoms. The fourth-order valence-corrected chi connectivity index (χ4v) is 4.03. The average Bonchev–Trinajstić information content (AvgIpc) is 2.67. The maximum atomic E-state index is 6.38. The summed E-state index contributed by atoms with van der Waals surface area (Å²) in [5, 5.41) is 4.47. The summed E-state index contributed by atoms with van der Waals surface area (Å²) in [7, 11) is 2.05. The number of aryl methyl sites for hydroxylation is 2. The lowest BCUT2D eigenvalue weighted by molar-refractivity contribution is 0.101. The second-order valence-electron chi connectivity index (χ2n) is 7.85. The first-order chi connectivity index (χ1) is 9.26. The third kappa shape index (κ3) is 3.39. The Hall–Kier alpha value is -0.500. The Bertz CT molecular complexity index is 448. The van der Waals surface area contributed by atoms with Gasteiger partial charge in [0.2, 0.25) is 0 Å². The topological polar surface area (TPSA) is 17.8 Å². The molecule has 0 aliphatic heterocycles. The third-order valence-electron chi connectivity index (χ3n) is 5.21. The summed E-state index contributed by atoms with van der Waals surface area (Å²) >= 11 is 6.38. The average molecular weight is 297 g/mol. The van der Waals surface area contributed by atoms with E-state index in [2.05, 4.69) is 38.9 Å². The zero-order chi connectivity index (χ0) is 15.0. The van der Waals surface area contributed by atoms with Crippen LogP contribution in [0.4, 0.5) is 0 Å². The van der Waals surface area contributed by atoms with Crippen LogP contribution in [-0.4, -0.2) is 15.7 Å². The van der Waals surface area contributed by atoms with Crippen LogP contribution >= 0.6 is 11.6 Å². The molecule has 1 heterocycles. The Morgan fingerprint density at radius 3 is 2.35 bits per heavy atom. The van der Waals surface area contributed by atoms with Crippen LogP contribution < -0.4 is 0 Å². The van der Waals surface area contributed by atoms with Crippen LogP contribution in [0.1, 0.15) is 57.8 Å². The molecule has 1 aliphatic carbocycles. The van der Waals surface area contributed by atoms with E-state index in [9.17, 15) is 0 Å². The van der Waals surface area contributed by atoms with Gasteiger partial charge in [-0.05, 0) is 61.8 Å². The molecular formula is C17H29ClN2. The summed E-state index contributed by atoms with van der Waals surface area (Å²) in [6, 6.07) is 2.21. The van der Waals surface area contributed by atoms with Crippen molar-refractivity contribution in [2.75, 3.05) is 5.88 Å². The van der Waals surface area contributed by atoms with Gasteiger partial charge in [-0.2, -0.15) is 5.10 Å². The van der Waals surface area contributed by atoms with Gasteiger partial charge >= 0.3 is 0 Å². The Labute approximate surface area is 128 Å². The monoisotopic (exact) mass is 296 g/mol. The van der Waals surface area contributed by atoms with Crippen molar-refractivity contribution in [3.63, 3.8) is 0 Å². The van der Waals surface area contributed by atoms with Gasteiger partial charge in [0, 0.05) is 18.6 Å². The first-order valence-corrected chi connectivity index (χ1v) is 8.35. The lowest BCUT2D eigenvalue weighted by Crippen LogP contribution is -2.35. The molecule has 0 N–H and O–H groups in total. The van der Waals surface area contributed by atoms with Crippen molar-refractivity contribution in [1.82, 2.24) is 9.78 Å². The van der Waals surface area contributed by atoms with Gasteiger partial charge in [0.05, 0.1) is 5.69 Å². The molecule has 1 aliphatic rings. The van der Waals surface area contributed by atoms with E-state index >= 15 is 0 Å². The van der Waals surface area contributed by atoms with Gasteiger partial charge in [-0.1, -0.05) is 20.8 Å². The summed E-state index contributed by atoms with van der Waals surface area (Å²) in [5.74, 6) is 1.61. The zero-order valence-electron chi connectivity index (χ0n) is 13.7. The van der Waals surface area contributed by atoms with Crippen LogP contribution in [-0.2, 0) is 13.5 Å². The SMILES string of the molecule is Cc1cc(CC2(CCl)CCC(C(C)(C)C)CC2)n(C)n1. The first kappa shape index (κ1) is 15.9. The van der Waals surface area contributed by atoms with Crippen molar-refractivity contribution in [1.29, 1.82) is 0 Å². The van der Waals surface area contributed by atoms with E-state index in [0.717, 1.165) is 23.9 Å². The number of hydrogen-bond donors (Lipinski definition) is 0. The lowest BCUT2D eigenvalue weighted by atomic mass is 9.63. The maximum Gasteiger partial charge on any atom is 0.0596 e. The Balaban J connectivity index is 2.07. The molecule has 0 bridgehead atoms. The zero-order valence-corrected chi connectivity index (χ0v) is 14.4. The van der Waals surface area contributed by atoms with Crippen molar-refractivity contribution in [3.8, 4) is 0 Å². The van der Waals surface area contributed by atoms with E-state index in [1.165, 1.54) is 31.4 Å². The molecule has 0 unspecified atom stereocenters. The van der Waals surface area contributed by atoms with Crippen molar-refractivity contribution >= 4 is 11.6 Å². The van der Waals surface area contributed by atoms with Crippen LogP contribution in [0.3, 0.4) is 0 Å². The number of halogens is 1. The van der Waals surface area contributed by atoms with Crippen LogP contribution in [0.2, 0.25) is 0 Å². The summed E-state index contributed by atoms with van der Waals surface area (Å²) < 4.78 is 2.03. The molecule has 0 amide bonds. The maximum absolute atomic E-state index is 6.38. The van der Waals surface area contributed by atoms with E-state index in [-0.39, 0.29) is 5.41 Å². The molecular weight excluding hydrogens is 268 g/mol. The lowest BCUT2D eigenvalue weighted by Gasteiger charge is -2.43. The van der Waals surface area contributed by atoms with Gasteiger partial charge in [0.15, 0.2) is 0 Å². The molecule has 2 nitrogen and oxygen atoms in total. The quantitative estimate of drug-likeness (QED) is 0.737. The van der Waals surface area contributed by atoms with Gasteiger partial charge < -0.3 is 0 Å². The molecule has 0 atom stereocenters. The van der Waals surface area contributed by atoms with Gasteiger partial charge in [-0.25, -0.2) is 0 Å². The highest BCUT2D eigenvalue weighted by molar-refractivity contribution is 6.18. The molecule has 1 aromatic heterocycles. The van der Waals surface area contributed by atoms with E-state index in [1.807, 2.05) is 11.7 Å². The number of alkyl halides is 1. The second kappa shape index (κ2) is 5.71. The van der Waals surface area contributed by atoms with E-state index in [1.54, 1.807) is 0 Å². The minimum Gasteiger partial charge on any atom is -0.272 e. The predicted octanol–water partition coefficient (Wildman–Crippen LogP) is 4.73. The standard InChI is InChI=1S/C17H29ClN2/c1-13-10-15(20(5)19-13)11-17(12-18)8-6-14(7-9-17)16(2,3)4/h10,14H,6-9,11-12H2,1-5H3. The Morgan fingerprint density at radius 2 is 1.95 bits per heavy atom. The highest BCUT2D eigenvalue weighted by Gasteiger charge is 2.38. The fourth-order valence-electron chi connectivity index (χ4n) is 3.67. The van der Waals surface area contributed by atoms with Crippen molar-refractivity contribution < 1.29 is 0 Å². The van der Waals surface area contributed by atoms with Crippen molar-refractivity contribution in [2.45, 2.75) is 59.8 Å². The third-order valence-corrected chi connectivity index (χ3v) is 5.78. The largest absolute Gasteiger partial charge is 0.272 e. The predicted molar refractivity (Wildman–Crippen MR) is 86.2 cm³/mol. The van der Waals surface area contributed by atoms with Gasteiger partial charge in [-0.15, -0.1) is 11.6 Å². The molecule has 20 heavy (non-hydrogen) atoms. The molecule has 114 valence electrons. The minimum atomic E-state index is 0.281. The summed E-state index contributed by atoms with van der Waals surface area (Å²) in [6.45, 7) is 9.18. The molecule has 0 aromatic carbocycles. The number of aromatic nitrogens is 2. The highest BCUT2D eigenvalue weighted by atomic mass is 35.5. The van der Waals surface area contributed by atoms with Crippen LogP contribution in [0.15, 0.2) is 6.07 Å². The van der Waals surface area contributed by atoms with Gasteiger partial charge in [0.25, 0.3) is 0 Å². The highest BCUT2D eigenvalue weighted by Crippen LogP contribution is 2.47. The molecule has 0 saturated heterocycles. The molecule has 1 fully saturated rings. The number of rotatable bonds is 3. The smallest absolute Gasteiger partial charge is 0.0596 e. The number of hydrogen-bond acceptors (Lipinski definition) is 1. The normalized spacial score (nSPS) is 27.8. The second-order valence-corrected chi connectivity index (χ2v) is 8.12. The van der Waals surface area contributed by atoms with Crippen molar-refractivity contribution in [2.24, 2.45) is 23.8 Å². The minimum absolute atomic E-state index is 0.281.